The SMILES string of the molecule is Cc1nc2cc3nn2c(c1[C@H](OC(C)(C)C)C(=O)O)N1CCC(C)(CC1)OCCC[C@H](C)Oc1cc(F)ccc1-c1cccc-3c1. The van der Waals surface area contributed by atoms with E-state index < -0.39 is 17.7 Å². The third-order valence-electron chi connectivity index (χ3n) is 8.83. The number of aryl methyl sites for hydroxylation is 1. The lowest BCUT2D eigenvalue weighted by Crippen LogP contribution is -2.46. The molecule has 3 aliphatic heterocycles. The molecule has 5 heterocycles. The molecule has 2 aromatic heterocycles. The Hall–Kier alpha value is -4.02. The number of rotatable bonds is 3. The lowest BCUT2D eigenvalue weighted by Gasteiger charge is -2.41. The van der Waals surface area contributed by atoms with E-state index in [0.717, 1.165) is 42.4 Å². The maximum atomic E-state index is 14.4. The van der Waals surface area contributed by atoms with E-state index in [1.807, 2.05) is 65.0 Å². The Bertz CT molecular complexity index is 1760. The van der Waals surface area contributed by atoms with Gasteiger partial charge in [0.2, 0.25) is 0 Å². The van der Waals surface area contributed by atoms with Crippen molar-refractivity contribution in [3.05, 3.63) is 65.6 Å². The van der Waals surface area contributed by atoms with Gasteiger partial charge in [0.05, 0.1) is 28.6 Å². The third-order valence-corrected chi connectivity index (χ3v) is 8.83. The second-order valence-corrected chi connectivity index (χ2v) is 13.8. The number of nitrogens with zero attached hydrogens (tertiary/aromatic N) is 4. The highest BCUT2D eigenvalue weighted by atomic mass is 19.1. The van der Waals surface area contributed by atoms with Crippen LogP contribution in [0.15, 0.2) is 48.5 Å². The van der Waals surface area contributed by atoms with Crippen molar-refractivity contribution in [2.45, 2.75) is 90.6 Å². The van der Waals surface area contributed by atoms with Crippen molar-refractivity contribution < 1.29 is 28.5 Å². The minimum absolute atomic E-state index is 0.134. The molecule has 1 saturated heterocycles. The molecule has 2 aromatic carbocycles. The number of carboxylic acids is 1. The Kier molecular flexibility index (Phi) is 8.54. The zero-order valence-corrected chi connectivity index (χ0v) is 27.5. The molecule has 1 N–H and O–H groups in total. The maximum absolute atomic E-state index is 14.4. The quantitative estimate of drug-likeness (QED) is 0.250. The lowest BCUT2D eigenvalue weighted by molar-refractivity contribution is -0.160. The molecule has 1 fully saturated rings. The monoisotopic (exact) mass is 630 g/mol. The average molecular weight is 631 g/mol. The van der Waals surface area contributed by atoms with E-state index in [0.29, 0.717) is 53.9 Å². The van der Waals surface area contributed by atoms with Crippen molar-refractivity contribution >= 4 is 17.4 Å². The summed E-state index contributed by atoms with van der Waals surface area (Å²) in [5.74, 6) is -0.283. The smallest absolute Gasteiger partial charge is 0.337 e. The number of benzene rings is 2. The number of hydrogen-bond donors (Lipinski definition) is 1. The highest BCUT2D eigenvalue weighted by Crippen LogP contribution is 2.39. The van der Waals surface area contributed by atoms with E-state index >= 15 is 0 Å². The second kappa shape index (κ2) is 12.3. The standard InChI is InChI=1S/C36H43FN4O5/c1-22-9-8-18-44-36(6)14-16-40(17-15-36)33-31(32(34(42)43)46-35(3,4)5)23(2)38-30-21-28(39-41(30)33)25-11-7-10-24(19-25)27-13-12-26(37)20-29(27)45-22/h7,10-13,19-22,32H,8-9,14-18H2,1-6H3,(H,42,43)/t22-,32-/m0/s1. The van der Waals surface area contributed by atoms with Crippen LogP contribution in [0.25, 0.3) is 28.0 Å². The van der Waals surface area contributed by atoms with Crippen molar-refractivity contribution in [3.63, 3.8) is 0 Å². The summed E-state index contributed by atoms with van der Waals surface area (Å²) in [5, 5.41) is 15.5. The average Bonchev–Trinajstić information content (AvgIpc) is 3.41. The topological polar surface area (TPSA) is 98.4 Å². The third kappa shape index (κ3) is 6.59. The number of carboxylic acid groups (broad SMARTS) is 1. The highest BCUT2D eigenvalue weighted by molar-refractivity contribution is 5.80. The fourth-order valence-corrected chi connectivity index (χ4v) is 6.43. The Morgan fingerprint density at radius 2 is 1.87 bits per heavy atom. The van der Waals surface area contributed by atoms with Gasteiger partial charge in [-0.3, -0.25) is 0 Å². The van der Waals surface area contributed by atoms with Crippen molar-refractivity contribution in [2.75, 3.05) is 24.6 Å². The molecular weight excluding hydrogens is 587 g/mol. The normalized spacial score (nSPS) is 21.3. The van der Waals surface area contributed by atoms with Crippen LogP contribution in [-0.2, 0) is 14.3 Å². The van der Waals surface area contributed by atoms with E-state index in [1.54, 1.807) is 10.6 Å². The molecule has 0 radical (unpaired) electrons. The zero-order chi connectivity index (χ0) is 32.8. The van der Waals surface area contributed by atoms with Crippen LogP contribution in [0.5, 0.6) is 5.75 Å². The Morgan fingerprint density at radius 1 is 1.13 bits per heavy atom. The fourth-order valence-electron chi connectivity index (χ4n) is 6.43. The maximum Gasteiger partial charge on any atom is 0.337 e. The molecule has 9 nitrogen and oxygen atoms in total. The first-order valence-corrected chi connectivity index (χ1v) is 16.1. The van der Waals surface area contributed by atoms with Crippen molar-refractivity contribution in [1.29, 1.82) is 0 Å². The van der Waals surface area contributed by atoms with Crippen LogP contribution in [0.1, 0.15) is 77.7 Å². The van der Waals surface area contributed by atoms with Crippen LogP contribution >= 0.6 is 0 Å². The van der Waals surface area contributed by atoms with Gasteiger partial charge in [-0.25, -0.2) is 14.2 Å². The molecule has 0 amide bonds. The Labute approximate surface area is 269 Å². The predicted octanol–water partition coefficient (Wildman–Crippen LogP) is 7.39. The van der Waals surface area contributed by atoms with Crippen LogP contribution in [0.4, 0.5) is 10.2 Å². The summed E-state index contributed by atoms with van der Waals surface area (Å²) < 4.78 is 35.1. The van der Waals surface area contributed by atoms with Crippen molar-refractivity contribution in [1.82, 2.24) is 14.6 Å². The van der Waals surface area contributed by atoms with E-state index in [-0.39, 0.29) is 17.5 Å². The van der Waals surface area contributed by atoms with E-state index in [9.17, 15) is 14.3 Å². The lowest BCUT2D eigenvalue weighted by atomic mass is 9.92. The van der Waals surface area contributed by atoms with Crippen LogP contribution in [0.2, 0.25) is 0 Å². The summed E-state index contributed by atoms with van der Waals surface area (Å²) in [6.45, 7) is 13.4. The molecule has 0 saturated carbocycles. The number of carbonyl (C=O) groups is 1. The molecule has 4 aromatic rings. The second-order valence-electron chi connectivity index (χ2n) is 13.8. The first kappa shape index (κ1) is 31.9. The summed E-state index contributed by atoms with van der Waals surface area (Å²) in [6.07, 6.45) is 1.69. The van der Waals surface area contributed by atoms with Crippen molar-refractivity contribution in [3.8, 4) is 28.1 Å². The van der Waals surface area contributed by atoms with Gasteiger partial charge in [-0.05, 0) is 91.0 Å². The van der Waals surface area contributed by atoms with Crippen LogP contribution in [0.3, 0.4) is 0 Å². The van der Waals surface area contributed by atoms with Gasteiger partial charge in [0, 0.05) is 48.6 Å². The van der Waals surface area contributed by atoms with Crippen LogP contribution in [-0.4, -0.2) is 62.7 Å². The molecule has 6 bridgehead atoms. The largest absolute Gasteiger partial charge is 0.490 e. The Balaban J connectivity index is 1.55. The number of aromatic nitrogens is 3. The van der Waals surface area contributed by atoms with Gasteiger partial charge in [0.15, 0.2) is 11.8 Å². The highest BCUT2D eigenvalue weighted by Gasteiger charge is 2.38. The van der Waals surface area contributed by atoms with Crippen molar-refractivity contribution in [2.24, 2.45) is 0 Å². The number of ether oxygens (including phenoxy) is 3. The van der Waals surface area contributed by atoms with Crippen LogP contribution < -0.4 is 9.64 Å². The number of aliphatic carboxylic acids is 1. The molecule has 0 unspecified atom stereocenters. The first-order chi connectivity index (χ1) is 21.8. The number of fused-ring (bicyclic) bond motifs is 7. The van der Waals surface area contributed by atoms with E-state index in [1.165, 1.54) is 12.1 Å². The fraction of sp³-hybridized carbons (Fsp3) is 0.472. The molecule has 46 heavy (non-hydrogen) atoms. The number of halogens is 1. The molecule has 244 valence electrons. The van der Waals surface area contributed by atoms with Gasteiger partial charge in [-0.1, -0.05) is 18.2 Å². The minimum Gasteiger partial charge on any atom is -0.490 e. The van der Waals surface area contributed by atoms with Gasteiger partial charge < -0.3 is 24.2 Å². The number of piperidine rings is 1. The summed E-state index contributed by atoms with van der Waals surface area (Å²) in [6, 6.07) is 14.4. The van der Waals surface area contributed by atoms with Gasteiger partial charge in [0.1, 0.15) is 17.4 Å². The predicted molar refractivity (Wildman–Crippen MR) is 175 cm³/mol. The zero-order valence-electron chi connectivity index (χ0n) is 27.5. The molecule has 7 rings (SSSR count). The van der Waals surface area contributed by atoms with Gasteiger partial charge in [-0.2, -0.15) is 9.61 Å². The summed E-state index contributed by atoms with van der Waals surface area (Å²) in [7, 11) is 0. The van der Waals surface area contributed by atoms with Gasteiger partial charge >= 0.3 is 5.97 Å². The Morgan fingerprint density at radius 3 is 2.59 bits per heavy atom. The summed E-state index contributed by atoms with van der Waals surface area (Å²) in [5.41, 5.74) is 3.80. The van der Waals surface area contributed by atoms with E-state index in [4.69, 9.17) is 24.3 Å². The van der Waals surface area contributed by atoms with Gasteiger partial charge in [0.25, 0.3) is 0 Å². The number of hydrogen-bond acceptors (Lipinski definition) is 7. The summed E-state index contributed by atoms with van der Waals surface area (Å²) in [4.78, 5) is 19.8. The molecule has 10 heteroatoms. The van der Waals surface area contributed by atoms with Gasteiger partial charge in [-0.15, -0.1) is 0 Å². The molecule has 0 aliphatic carbocycles. The summed E-state index contributed by atoms with van der Waals surface area (Å²) >= 11 is 0. The molecule has 2 atom stereocenters. The molecular formula is C36H43FN4O5. The molecule has 0 spiro atoms. The van der Waals surface area contributed by atoms with Crippen LogP contribution in [0, 0.1) is 12.7 Å². The van der Waals surface area contributed by atoms with E-state index in [2.05, 4.69) is 11.8 Å². The molecule has 3 aliphatic rings. The first-order valence-electron chi connectivity index (χ1n) is 16.1. The minimum atomic E-state index is -1.24. The number of anilines is 1.